The minimum Gasteiger partial charge on any atom is -0.455 e. The molecule has 250 valence electrons. The monoisotopic (exact) mass is 699 g/mol. The van der Waals surface area contributed by atoms with E-state index < -0.39 is 59.6 Å². The molecule has 2 fully saturated rings. The number of carbonyl (C=O) groups is 4. The van der Waals surface area contributed by atoms with Gasteiger partial charge in [-0.25, -0.2) is 0 Å². The van der Waals surface area contributed by atoms with Crippen LogP contribution in [0.5, 0.6) is 0 Å². The average Bonchev–Trinajstić information content (AvgIpc) is 3.64. The van der Waals surface area contributed by atoms with Gasteiger partial charge >= 0.3 is 5.97 Å². The molecule has 11 heteroatoms. The van der Waals surface area contributed by atoms with Crippen molar-refractivity contribution in [1.82, 2.24) is 14.7 Å². The van der Waals surface area contributed by atoms with Crippen LogP contribution < -0.4 is 0 Å². The van der Waals surface area contributed by atoms with Crippen LogP contribution in [0.25, 0.3) is 0 Å². The lowest BCUT2D eigenvalue weighted by molar-refractivity contribution is -0.164. The lowest BCUT2D eigenvalue weighted by atomic mass is 9.74. The molecular formula is C35H46BrN3O7. The van der Waals surface area contributed by atoms with Gasteiger partial charge in [0.1, 0.15) is 29.8 Å². The Morgan fingerprint density at radius 2 is 1.78 bits per heavy atom. The number of rotatable bonds is 7. The second-order valence-corrected chi connectivity index (χ2v) is 13.9. The Bertz CT molecular complexity index is 1380. The summed E-state index contributed by atoms with van der Waals surface area (Å²) in [6, 6.07) is 6.86. The van der Waals surface area contributed by atoms with Gasteiger partial charge in [-0.2, -0.15) is 0 Å². The highest BCUT2D eigenvalue weighted by molar-refractivity contribution is 9.11. The molecule has 1 N–H and O–H groups in total. The van der Waals surface area contributed by atoms with Crippen molar-refractivity contribution in [3.05, 3.63) is 58.6 Å². The molecule has 0 radical (unpaired) electrons. The molecule has 4 aliphatic rings. The standard InChI is InChI=1S/C35H46BrN3O7/c1-6-14-21(3)38-18-13-9-12-17-26(41)37(5)22(4)29(23-15-10-8-11-16-23)45-34(44)27-28-32(42)39(24(7-2)20-40)31(33(38)43)35(28)19-25(36)30(27)46-35/h8-11,13,15-16,19,21-22,24,27-31,40H,6-7,12,14,17-18,20H2,1-5H3/b13-9-/t21?,22-,24-,27+,28-,29+,30+,31+,35-/m0/s1. The maximum atomic E-state index is 14.8. The Morgan fingerprint density at radius 1 is 1.07 bits per heavy atom. The van der Waals surface area contributed by atoms with E-state index in [4.69, 9.17) is 9.47 Å². The summed E-state index contributed by atoms with van der Waals surface area (Å²) >= 11 is 3.61. The second kappa shape index (κ2) is 14.0. The predicted molar refractivity (Wildman–Crippen MR) is 175 cm³/mol. The van der Waals surface area contributed by atoms with Crippen LogP contribution in [0.2, 0.25) is 0 Å². The van der Waals surface area contributed by atoms with Crippen LogP contribution in [0.3, 0.4) is 0 Å². The van der Waals surface area contributed by atoms with Gasteiger partial charge in [0.2, 0.25) is 17.7 Å². The number of hydrogen-bond donors (Lipinski definition) is 1. The molecule has 46 heavy (non-hydrogen) atoms. The van der Waals surface area contributed by atoms with Crippen LogP contribution >= 0.6 is 15.9 Å². The number of cyclic esters (lactones) is 1. The molecule has 0 aromatic heterocycles. The van der Waals surface area contributed by atoms with Crippen molar-refractivity contribution in [3.8, 4) is 0 Å². The minimum atomic E-state index is -1.42. The summed E-state index contributed by atoms with van der Waals surface area (Å²) in [4.78, 5) is 61.9. The van der Waals surface area contributed by atoms with E-state index in [1.165, 1.54) is 4.90 Å². The fraction of sp³-hybridized carbons (Fsp3) is 0.600. The van der Waals surface area contributed by atoms with Gasteiger partial charge in [-0.05, 0) is 44.7 Å². The molecule has 1 aromatic rings. The first-order valence-corrected chi connectivity index (χ1v) is 17.3. The molecule has 4 heterocycles. The van der Waals surface area contributed by atoms with E-state index in [9.17, 15) is 24.3 Å². The van der Waals surface area contributed by atoms with Gasteiger partial charge in [0.25, 0.3) is 0 Å². The highest BCUT2D eigenvalue weighted by Crippen LogP contribution is 2.59. The summed E-state index contributed by atoms with van der Waals surface area (Å²) in [5.74, 6) is -3.50. The molecule has 1 unspecified atom stereocenters. The second-order valence-electron chi connectivity index (χ2n) is 13.0. The van der Waals surface area contributed by atoms with Gasteiger partial charge in [0.05, 0.1) is 24.6 Å². The Kier molecular flexibility index (Phi) is 10.4. The predicted octanol–water partition coefficient (Wildman–Crippen LogP) is 4.13. The van der Waals surface area contributed by atoms with Crippen molar-refractivity contribution >= 4 is 39.6 Å². The molecule has 5 rings (SSSR count). The van der Waals surface area contributed by atoms with E-state index in [0.29, 0.717) is 22.9 Å². The first-order chi connectivity index (χ1) is 22.0. The van der Waals surface area contributed by atoms with Crippen LogP contribution in [0.4, 0.5) is 0 Å². The number of hydrogen-bond acceptors (Lipinski definition) is 7. The Hall–Kier alpha value is -3.02. The van der Waals surface area contributed by atoms with E-state index in [0.717, 1.165) is 12.8 Å². The number of nitrogens with zero attached hydrogens (tertiary/aromatic N) is 3. The molecule has 3 amide bonds. The van der Waals surface area contributed by atoms with Crippen molar-refractivity contribution in [3.63, 3.8) is 0 Å². The topological polar surface area (TPSA) is 117 Å². The van der Waals surface area contributed by atoms with Gasteiger partial charge in [0, 0.05) is 30.5 Å². The molecule has 0 aliphatic carbocycles. The lowest BCUT2D eigenvalue weighted by Gasteiger charge is -2.40. The average molecular weight is 701 g/mol. The van der Waals surface area contributed by atoms with Crippen LogP contribution in [-0.4, -0.2) is 99.6 Å². The summed E-state index contributed by atoms with van der Waals surface area (Å²) < 4.78 is 13.5. The number of carbonyl (C=O) groups excluding carboxylic acids is 4. The minimum absolute atomic E-state index is 0.0990. The molecule has 9 atom stereocenters. The molecule has 5 bridgehead atoms. The largest absolute Gasteiger partial charge is 0.455 e. The number of aliphatic hydroxyl groups is 1. The number of ether oxygens (including phenoxy) is 2. The van der Waals surface area contributed by atoms with Crippen LogP contribution in [0, 0.1) is 11.8 Å². The summed E-state index contributed by atoms with van der Waals surface area (Å²) in [6.45, 7) is 7.69. The van der Waals surface area contributed by atoms with Crippen molar-refractivity contribution in [2.75, 3.05) is 20.2 Å². The third kappa shape index (κ3) is 5.83. The summed E-state index contributed by atoms with van der Waals surface area (Å²) in [7, 11) is 1.71. The van der Waals surface area contributed by atoms with E-state index in [-0.39, 0.29) is 37.4 Å². The third-order valence-electron chi connectivity index (χ3n) is 10.3. The number of amides is 3. The number of likely N-dealkylation sites (N-methyl/N-ethyl adjacent to an activating group) is 1. The van der Waals surface area contributed by atoms with Gasteiger partial charge in [-0.3, -0.25) is 19.2 Å². The van der Waals surface area contributed by atoms with Crippen molar-refractivity contribution in [1.29, 1.82) is 0 Å². The number of allylic oxidation sites excluding steroid dienone is 1. The molecular weight excluding hydrogens is 654 g/mol. The Balaban J connectivity index is 1.65. The van der Waals surface area contributed by atoms with E-state index in [2.05, 4.69) is 22.9 Å². The highest BCUT2D eigenvalue weighted by Gasteiger charge is 2.75. The fourth-order valence-electron chi connectivity index (χ4n) is 7.64. The number of likely N-dealkylation sites (tertiary alicyclic amines) is 1. The Labute approximate surface area is 279 Å². The van der Waals surface area contributed by atoms with Crippen LogP contribution in [0.1, 0.15) is 71.5 Å². The molecule has 2 saturated heterocycles. The maximum Gasteiger partial charge on any atom is 0.313 e. The van der Waals surface area contributed by atoms with E-state index in [1.54, 1.807) is 22.9 Å². The van der Waals surface area contributed by atoms with Crippen LogP contribution in [0.15, 0.2) is 53.0 Å². The number of benzene rings is 1. The lowest BCUT2D eigenvalue weighted by Crippen LogP contribution is -2.59. The van der Waals surface area contributed by atoms with E-state index >= 15 is 0 Å². The summed E-state index contributed by atoms with van der Waals surface area (Å²) in [5, 5.41) is 10.4. The zero-order chi connectivity index (χ0) is 33.3. The van der Waals surface area contributed by atoms with Gasteiger partial charge in [0.15, 0.2) is 0 Å². The maximum absolute atomic E-state index is 14.8. The SMILES string of the molecule is CCCC(C)N1C/C=C\CCC(=O)N(C)[C@@H](C)[C@H](c2ccccc2)OC(=O)[C@H]2[C@@H]3O[C@@]4(C=C3Br)[C@@H]2C(=O)N([C@@H](CC)CO)[C@@H]4C1=O. The first-order valence-electron chi connectivity index (χ1n) is 16.5. The molecule has 0 saturated carbocycles. The van der Waals surface area contributed by atoms with E-state index in [1.807, 2.05) is 63.3 Å². The third-order valence-corrected chi connectivity index (χ3v) is 11.0. The normalized spacial score (nSPS) is 34.0. The summed E-state index contributed by atoms with van der Waals surface area (Å²) in [6.07, 6.45) is 6.70. The van der Waals surface area contributed by atoms with Crippen LogP contribution in [-0.2, 0) is 28.7 Å². The quantitative estimate of drug-likeness (QED) is 0.336. The molecule has 1 aromatic carbocycles. The number of fused-ring (bicyclic) bond motifs is 2. The van der Waals surface area contributed by atoms with Gasteiger partial charge in [-0.15, -0.1) is 0 Å². The first kappa shape index (κ1) is 34.3. The zero-order valence-corrected chi connectivity index (χ0v) is 28.9. The Morgan fingerprint density at radius 3 is 2.43 bits per heavy atom. The summed E-state index contributed by atoms with van der Waals surface area (Å²) in [5.41, 5.74) is -0.708. The van der Waals surface area contributed by atoms with Gasteiger partial charge in [-0.1, -0.05) is 78.7 Å². The fourth-order valence-corrected chi connectivity index (χ4v) is 8.38. The number of halogens is 1. The number of esters is 1. The smallest absolute Gasteiger partial charge is 0.313 e. The van der Waals surface area contributed by atoms with Crippen molar-refractivity contribution < 1.29 is 33.8 Å². The zero-order valence-electron chi connectivity index (χ0n) is 27.3. The van der Waals surface area contributed by atoms with Crippen molar-refractivity contribution in [2.24, 2.45) is 11.8 Å². The molecule has 1 spiro atoms. The number of aliphatic hydroxyl groups excluding tert-OH is 1. The van der Waals surface area contributed by atoms with Crippen molar-refractivity contribution in [2.45, 2.75) is 102 Å². The highest BCUT2D eigenvalue weighted by atomic mass is 79.9. The molecule has 10 nitrogen and oxygen atoms in total. The molecule has 4 aliphatic heterocycles. The van der Waals surface area contributed by atoms with Gasteiger partial charge < -0.3 is 29.3 Å².